The first-order chi connectivity index (χ1) is 12.8. The van der Waals surface area contributed by atoms with Crippen LogP contribution < -0.4 is 5.32 Å². The van der Waals surface area contributed by atoms with Crippen LogP contribution in [0.25, 0.3) is 11.1 Å². The van der Waals surface area contributed by atoms with Crippen LogP contribution in [0.3, 0.4) is 0 Å². The Bertz CT molecular complexity index is 780. The lowest BCUT2D eigenvalue weighted by Gasteiger charge is -2.41. The Morgan fingerprint density at radius 1 is 1.00 bits per heavy atom. The number of piperazine rings is 1. The van der Waals surface area contributed by atoms with Gasteiger partial charge in [0.2, 0.25) is 0 Å². The first-order valence-corrected chi connectivity index (χ1v) is 9.23. The van der Waals surface area contributed by atoms with Crippen molar-refractivity contribution in [2.45, 2.75) is 18.0 Å². The fourth-order valence-electron chi connectivity index (χ4n) is 4.43. The molecule has 2 fully saturated rings. The highest BCUT2D eigenvalue weighted by Gasteiger charge is 2.34. The number of nitrogens with one attached hydrogen (secondary N) is 1. The van der Waals surface area contributed by atoms with Crippen LogP contribution in [0.4, 0.5) is 4.79 Å². The van der Waals surface area contributed by atoms with Crippen LogP contribution in [0.2, 0.25) is 0 Å². The van der Waals surface area contributed by atoms with E-state index < -0.39 is 0 Å². The molecule has 2 heterocycles. The SMILES string of the molecule is O=C(OCC1c2ccccc2-c2ccccc21)N1CC2COCC(C1)N2. The number of morpholine rings is 1. The van der Waals surface area contributed by atoms with E-state index in [4.69, 9.17) is 9.47 Å². The molecular weight excluding hydrogens is 328 g/mol. The second kappa shape index (κ2) is 6.41. The van der Waals surface area contributed by atoms with Crippen molar-refractivity contribution in [1.29, 1.82) is 0 Å². The summed E-state index contributed by atoms with van der Waals surface area (Å²) in [4.78, 5) is 14.5. The summed E-state index contributed by atoms with van der Waals surface area (Å²) >= 11 is 0. The lowest BCUT2D eigenvalue weighted by molar-refractivity contribution is -0.00766. The van der Waals surface area contributed by atoms with E-state index in [-0.39, 0.29) is 24.1 Å². The summed E-state index contributed by atoms with van der Waals surface area (Å²) in [5.74, 6) is 0.108. The maximum absolute atomic E-state index is 12.6. The number of rotatable bonds is 2. The van der Waals surface area contributed by atoms with Crippen LogP contribution in [0.1, 0.15) is 17.0 Å². The van der Waals surface area contributed by atoms with E-state index in [1.165, 1.54) is 22.3 Å². The van der Waals surface area contributed by atoms with Crippen molar-refractivity contribution >= 4 is 6.09 Å². The normalized spacial score (nSPS) is 24.1. The smallest absolute Gasteiger partial charge is 0.409 e. The highest BCUT2D eigenvalue weighted by Crippen LogP contribution is 2.44. The molecule has 0 saturated carbocycles. The maximum Gasteiger partial charge on any atom is 0.409 e. The summed E-state index contributed by atoms with van der Waals surface area (Å²) in [6, 6.07) is 17.2. The Morgan fingerprint density at radius 2 is 1.58 bits per heavy atom. The number of hydrogen-bond donors (Lipinski definition) is 1. The van der Waals surface area contributed by atoms with Gasteiger partial charge < -0.3 is 19.7 Å². The number of amides is 1. The number of ether oxygens (including phenoxy) is 2. The van der Waals surface area contributed by atoms with Crippen molar-refractivity contribution < 1.29 is 14.3 Å². The number of hydrogen-bond acceptors (Lipinski definition) is 4. The molecule has 26 heavy (non-hydrogen) atoms. The molecule has 2 unspecified atom stereocenters. The average molecular weight is 350 g/mol. The lowest BCUT2D eigenvalue weighted by Crippen LogP contribution is -2.63. The molecule has 5 rings (SSSR count). The van der Waals surface area contributed by atoms with Crippen LogP contribution in [-0.2, 0) is 9.47 Å². The van der Waals surface area contributed by atoms with E-state index in [9.17, 15) is 4.79 Å². The minimum atomic E-state index is -0.217. The van der Waals surface area contributed by atoms with E-state index in [2.05, 4.69) is 53.8 Å². The first kappa shape index (κ1) is 15.9. The molecule has 2 bridgehead atoms. The number of carbonyl (C=O) groups is 1. The summed E-state index contributed by atoms with van der Waals surface area (Å²) in [7, 11) is 0. The molecule has 5 heteroatoms. The molecule has 0 aromatic heterocycles. The highest BCUT2D eigenvalue weighted by atomic mass is 16.6. The fourth-order valence-corrected chi connectivity index (χ4v) is 4.43. The zero-order valence-corrected chi connectivity index (χ0v) is 14.6. The largest absolute Gasteiger partial charge is 0.448 e. The second-order valence-corrected chi connectivity index (χ2v) is 7.31. The molecule has 0 radical (unpaired) electrons. The van der Waals surface area contributed by atoms with Gasteiger partial charge in [0.25, 0.3) is 0 Å². The van der Waals surface area contributed by atoms with Gasteiger partial charge in [0.05, 0.1) is 13.2 Å². The Balaban J connectivity index is 1.32. The third-order valence-electron chi connectivity index (χ3n) is 5.59. The van der Waals surface area contributed by atoms with E-state index in [0.29, 0.717) is 32.9 Å². The molecule has 134 valence electrons. The number of benzene rings is 2. The van der Waals surface area contributed by atoms with E-state index in [0.717, 1.165) is 0 Å². The number of fused-ring (bicyclic) bond motifs is 5. The zero-order chi connectivity index (χ0) is 17.5. The standard InChI is InChI=1S/C21H22N2O3/c24-21(23-9-14-11-25-12-15(10-23)22-14)26-13-20-18-7-3-1-5-16(18)17-6-2-4-8-19(17)20/h1-8,14-15,20,22H,9-13H2. The van der Waals surface area contributed by atoms with Crippen molar-refractivity contribution in [3.05, 3.63) is 59.7 Å². The van der Waals surface area contributed by atoms with E-state index in [1.54, 1.807) is 0 Å². The molecule has 2 atom stereocenters. The van der Waals surface area contributed by atoms with Crippen molar-refractivity contribution in [2.75, 3.05) is 32.9 Å². The third-order valence-corrected chi connectivity index (χ3v) is 5.59. The number of nitrogens with zero attached hydrogens (tertiary/aromatic N) is 1. The van der Waals surface area contributed by atoms with Crippen molar-refractivity contribution in [1.82, 2.24) is 10.2 Å². The first-order valence-electron chi connectivity index (χ1n) is 9.23. The Kier molecular flexibility index (Phi) is 3.91. The average Bonchev–Trinajstić information content (AvgIpc) is 3.00. The van der Waals surface area contributed by atoms with Crippen LogP contribution in [0, 0.1) is 0 Å². The molecule has 1 N–H and O–H groups in total. The Hall–Kier alpha value is -2.37. The molecule has 0 spiro atoms. The quantitative estimate of drug-likeness (QED) is 0.905. The van der Waals surface area contributed by atoms with Gasteiger partial charge in [-0.15, -0.1) is 0 Å². The Morgan fingerprint density at radius 3 is 2.19 bits per heavy atom. The van der Waals surface area contributed by atoms with Gasteiger partial charge >= 0.3 is 6.09 Å². The molecule has 2 aromatic carbocycles. The minimum Gasteiger partial charge on any atom is -0.448 e. The number of carbonyl (C=O) groups excluding carboxylic acids is 1. The molecular formula is C21H22N2O3. The van der Waals surface area contributed by atoms with Crippen LogP contribution in [-0.4, -0.2) is 56.0 Å². The van der Waals surface area contributed by atoms with Gasteiger partial charge in [-0.25, -0.2) is 4.79 Å². The molecule has 5 nitrogen and oxygen atoms in total. The highest BCUT2D eigenvalue weighted by molar-refractivity contribution is 5.79. The molecule has 3 aliphatic rings. The van der Waals surface area contributed by atoms with Gasteiger partial charge in [0.1, 0.15) is 6.61 Å². The lowest BCUT2D eigenvalue weighted by atomic mass is 9.98. The van der Waals surface area contributed by atoms with Gasteiger partial charge in [-0.1, -0.05) is 48.5 Å². The summed E-state index contributed by atoms with van der Waals surface area (Å²) in [6.07, 6.45) is -0.217. The van der Waals surface area contributed by atoms with Crippen LogP contribution in [0.15, 0.2) is 48.5 Å². The summed E-state index contributed by atoms with van der Waals surface area (Å²) in [5.41, 5.74) is 4.98. The van der Waals surface area contributed by atoms with E-state index in [1.807, 2.05) is 4.90 Å². The van der Waals surface area contributed by atoms with Gasteiger partial charge in [0, 0.05) is 31.1 Å². The summed E-state index contributed by atoms with van der Waals surface area (Å²) in [6.45, 7) is 2.98. The van der Waals surface area contributed by atoms with Crippen molar-refractivity contribution in [3.63, 3.8) is 0 Å². The molecule has 2 aromatic rings. The zero-order valence-electron chi connectivity index (χ0n) is 14.6. The van der Waals surface area contributed by atoms with Gasteiger partial charge in [0.15, 0.2) is 0 Å². The second-order valence-electron chi connectivity index (χ2n) is 7.31. The summed E-state index contributed by atoms with van der Waals surface area (Å²) < 4.78 is 11.3. The van der Waals surface area contributed by atoms with Crippen molar-refractivity contribution in [2.24, 2.45) is 0 Å². The van der Waals surface area contributed by atoms with Crippen LogP contribution >= 0.6 is 0 Å². The molecule has 2 saturated heterocycles. The minimum absolute atomic E-state index is 0.108. The predicted octanol–water partition coefficient (Wildman–Crippen LogP) is 2.61. The molecule has 1 amide bonds. The monoisotopic (exact) mass is 350 g/mol. The third kappa shape index (κ3) is 2.68. The molecule has 1 aliphatic carbocycles. The van der Waals surface area contributed by atoms with Gasteiger partial charge in [-0.3, -0.25) is 0 Å². The summed E-state index contributed by atoms with van der Waals surface area (Å²) in [5, 5.41) is 3.49. The van der Waals surface area contributed by atoms with Crippen molar-refractivity contribution in [3.8, 4) is 11.1 Å². The molecule has 2 aliphatic heterocycles. The maximum atomic E-state index is 12.6. The topological polar surface area (TPSA) is 50.8 Å². The van der Waals surface area contributed by atoms with E-state index >= 15 is 0 Å². The van der Waals surface area contributed by atoms with Gasteiger partial charge in [-0.05, 0) is 22.3 Å². The Labute approximate surface area is 152 Å². The predicted molar refractivity (Wildman–Crippen MR) is 98.2 cm³/mol. The van der Waals surface area contributed by atoms with Gasteiger partial charge in [-0.2, -0.15) is 0 Å². The van der Waals surface area contributed by atoms with Crippen LogP contribution in [0.5, 0.6) is 0 Å². The fraction of sp³-hybridized carbons (Fsp3) is 0.381.